The number of aliphatic hydroxyl groups excluding tert-OH is 1. The molecular formula is C33H40N4O4. The number of nitrogens with one attached hydrogen (secondary N) is 2. The number of benzene rings is 2. The van der Waals surface area contributed by atoms with Crippen LogP contribution >= 0.6 is 0 Å². The van der Waals surface area contributed by atoms with Crippen LogP contribution in [0.1, 0.15) is 70.4 Å². The lowest BCUT2D eigenvalue weighted by Gasteiger charge is -2.22. The van der Waals surface area contributed by atoms with Gasteiger partial charge >= 0.3 is 6.03 Å². The third-order valence-corrected chi connectivity index (χ3v) is 7.09. The number of fused-ring (bicyclic) bond motifs is 1. The molecule has 4 aromatic rings. The van der Waals surface area contributed by atoms with Gasteiger partial charge in [0, 0.05) is 29.4 Å². The highest BCUT2D eigenvalue weighted by Gasteiger charge is 2.22. The van der Waals surface area contributed by atoms with E-state index in [1.165, 1.54) is 0 Å². The summed E-state index contributed by atoms with van der Waals surface area (Å²) in [6.45, 7) is 10.9. The first-order valence-electron chi connectivity index (χ1n) is 14.3. The highest BCUT2D eigenvalue weighted by atomic mass is 16.5. The quantitative estimate of drug-likeness (QED) is 0.182. The van der Waals surface area contributed by atoms with Crippen molar-refractivity contribution in [3.63, 3.8) is 0 Å². The van der Waals surface area contributed by atoms with Gasteiger partial charge in [0.2, 0.25) is 0 Å². The lowest BCUT2D eigenvalue weighted by atomic mass is 9.93. The molecule has 0 bridgehead atoms. The van der Waals surface area contributed by atoms with E-state index in [0.717, 1.165) is 35.0 Å². The number of ether oxygens (including phenoxy) is 1. The van der Waals surface area contributed by atoms with Crippen LogP contribution in [0.15, 0.2) is 65.6 Å². The molecule has 2 heterocycles. The fourth-order valence-corrected chi connectivity index (χ4v) is 5.08. The zero-order valence-electron chi connectivity index (χ0n) is 24.5. The second-order valence-corrected chi connectivity index (χ2v) is 10.7. The Bertz CT molecular complexity index is 1550. The Morgan fingerprint density at radius 3 is 2.32 bits per heavy atom. The molecule has 0 radical (unpaired) electrons. The van der Waals surface area contributed by atoms with Crippen LogP contribution in [0.4, 0.5) is 16.2 Å². The van der Waals surface area contributed by atoms with Crippen LogP contribution in [0.5, 0.6) is 5.75 Å². The Morgan fingerprint density at radius 1 is 0.976 bits per heavy atom. The van der Waals surface area contributed by atoms with Crippen molar-refractivity contribution in [1.82, 2.24) is 9.55 Å². The number of unbranched alkanes of at least 4 members (excludes halogenated alkanes) is 1. The van der Waals surface area contributed by atoms with Crippen LogP contribution in [-0.2, 0) is 6.54 Å². The van der Waals surface area contributed by atoms with Crippen LogP contribution in [-0.4, -0.2) is 33.9 Å². The molecule has 3 N–H and O–H groups in total. The van der Waals surface area contributed by atoms with Crippen molar-refractivity contribution in [3.8, 4) is 16.9 Å². The number of urea groups is 1. The Balaban J connectivity index is 1.88. The number of rotatable bonds is 11. The van der Waals surface area contributed by atoms with Gasteiger partial charge in [-0.3, -0.25) is 9.36 Å². The third kappa shape index (κ3) is 6.60. The molecule has 0 saturated carbocycles. The molecule has 216 valence electrons. The minimum atomic E-state index is -0.490. The Morgan fingerprint density at radius 2 is 1.66 bits per heavy atom. The summed E-state index contributed by atoms with van der Waals surface area (Å²) in [5.74, 6) is 0.935. The molecule has 41 heavy (non-hydrogen) atoms. The fraction of sp³-hybridized carbons (Fsp3) is 0.364. The minimum absolute atomic E-state index is 0.117. The van der Waals surface area contributed by atoms with Crippen molar-refractivity contribution in [2.75, 3.05) is 23.8 Å². The summed E-state index contributed by atoms with van der Waals surface area (Å²) in [6, 6.07) is 16.6. The summed E-state index contributed by atoms with van der Waals surface area (Å²) in [5, 5.41) is 16.0. The summed E-state index contributed by atoms with van der Waals surface area (Å²) in [5.41, 5.74) is 4.50. The zero-order chi connectivity index (χ0) is 29.5. The molecule has 2 aromatic carbocycles. The lowest BCUT2D eigenvalue weighted by molar-refractivity contribution is 0.201. The number of aromatic nitrogens is 2. The zero-order valence-corrected chi connectivity index (χ0v) is 24.5. The molecule has 0 fully saturated rings. The van der Waals surface area contributed by atoms with Gasteiger partial charge in [0.05, 0.1) is 6.61 Å². The number of amides is 2. The Hall–Kier alpha value is -4.17. The number of carbonyl (C=O) groups is 1. The lowest BCUT2D eigenvalue weighted by Crippen LogP contribution is -2.30. The molecule has 4 rings (SSSR count). The highest BCUT2D eigenvalue weighted by Crippen LogP contribution is 2.36. The summed E-state index contributed by atoms with van der Waals surface area (Å²) < 4.78 is 7.30. The van der Waals surface area contributed by atoms with Gasteiger partial charge in [-0.05, 0) is 59.2 Å². The second kappa shape index (κ2) is 13.5. The highest BCUT2D eigenvalue weighted by molar-refractivity contribution is 6.07. The van der Waals surface area contributed by atoms with Gasteiger partial charge in [0.1, 0.15) is 23.7 Å². The van der Waals surface area contributed by atoms with Crippen molar-refractivity contribution < 1.29 is 14.6 Å². The molecule has 8 heteroatoms. The molecule has 0 atom stereocenters. The van der Waals surface area contributed by atoms with E-state index in [1.807, 2.05) is 42.5 Å². The van der Waals surface area contributed by atoms with Crippen LogP contribution in [0.3, 0.4) is 0 Å². The fourth-order valence-electron chi connectivity index (χ4n) is 5.08. The van der Waals surface area contributed by atoms with Gasteiger partial charge < -0.3 is 20.5 Å². The molecule has 0 saturated heterocycles. The van der Waals surface area contributed by atoms with Gasteiger partial charge in [0.25, 0.3) is 5.56 Å². The number of carbonyl (C=O) groups excluding carboxylic acids is 1. The van der Waals surface area contributed by atoms with Gasteiger partial charge in [0.15, 0.2) is 0 Å². The average Bonchev–Trinajstić information content (AvgIpc) is 2.96. The van der Waals surface area contributed by atoms with E-state index in [9.17, 15) is 14.7 Å². The normalized spacial score (nSPS) is 11.3. The maximum Gasteiger partial charge on any atom is 0.323 e. The van der Waals surface area contributed by atoms with Crippen molar-refractivity contribution >= 4 is 28.4 Å². The molecular weight excluding hydrogens is 516 g/mol. The molecule has 0 aliphatic heterocycles. The van der Waals surface area contributed by atoms with Crippen molar-refractivity contribution in [1.29, 1.82) is 0 Å². The molecule has 0 spiro atoms. The van der Waals surface area contributed by atoms with Gasteiger partial charge in [-0.2, -0.15) is 0 Å². The second-order valence-electron chi connectivity index (χ2n) is 10.7. The van der Waals surface area contributed by atoms with Crippen molar-refractivity contribution in [2.24, 2.45) is 0 Å². The van der Waals surface area contributed by atoms with E-state index in [-0.39, 0.29) is 36.3 Å². The Kier molecular flexibility index (Phi) is 9.78. The van der Waals surface area contributed by atoms with Crippen LogP contribution in [0.2, 0.25) is 0 Å². The van der Waals surface area contributed by atoms with E-state index in [0.29, 0.717) is 29.1 Å². The van der Waals surface area contributed by atoms with E-state index < -0.39 is 6.03 Å². The van der Waals surface area contributed by atoms with Crippen LogP contribution < -0.4 is 20.9 Å². The maximum absolute atomic E-state index is 14.1. The monoisotopic (exact) mass is 556 g/mol. The van der Waals surface area contributed by atoms with Gasteiger partial charge in [-0.15, -0.1) is 0 Å². The standard InChI is InChI=1S/C33H40N4O4/c1-6-7-17-37-31-27(15-10-16-34-31)28(23-11-8-12-24(20-23)41-19-18-38)30(32(37)39)36-33(40)35-29-25(21(2)3)13-9-14-26(29)22(4)5/h8-16,20-22,38H,6-7,17-19H2,1-5H3,(H2,35,36,40). The molecule has 2 amide bonds. The summed E-state index contributed by atoms with van der Waals surface area (Å²) >= 11 is 0. The molecule has 0 aliphatic carbocycles. The summed E-state index contributed by atoms with van der Waals surface area (Å²) in [4.78, 5) is 32.4. The topological polar surface area (TPSA) is 105 Å². The summed E-state index contributed by atoms with van der Waals surface area (Å²) in [7, 11) is 0. The smallest absolute Gasteiger partial charge is 0.323 e. The molecule has 2 aromatic heterocycles. The van der Waals surface area contributed by atoms with E-state index in [1.54, 1.807) is 22.9 Å². The third-order valence-electron chi connectivity index (χ3n) is 7.09. The Labute approximate surface area is 241 Å². The number of hydrogen-bond donors (Lipinski definition) is 3. The predicted octanol–water partition coefficient (Wildman–Crippen LogP) is 7.13. The first kappa shape index (κ1) is 29.8. The van der Waals surface area contributed by atoms with Crippen molar-refractivity contribution in [3.05, 3.63) is 82.3 Å². The summed E-state index contributed by atoms with van der Waals surface area (Å²) in [6.07, 6.45) is 3.37. The number of hydrogen-bond acceptors (Lipinski definition) is 5. The average molecular weight is 557 g/mol. The number of aliphatic hydroxyl groups is 1. The van der Waals surface area contributed by atoms with Crippen LogP contribution in [0, 0.1) is 0 Å². The maximum atomic E-state index is 14.1. The minimum Gasteiger partial charge on any atom is -0.491 e. The van der Waals surface area contributed by atoms with Crippen LogP contribution in [0.25, 0.3) is 22.2 Å². The number of aryl methyl sites for hydroxylation is 1. The van der Waals surface area contributed by atoms with Gasteiger partial charge in [-0.25, -0.2) is 9.78 Å². The van der Waals surface area contributed by atoms with Gasteiger partial charge in [-0.1, -0.05) is 71.4 Å². The largest absolute Gasteiger partial charge is 0.491 e. The first-order chi connectivity index (χ1) is 19.8. The number of pyridine rings is 2. The van der Waals surface area contributed by atoms with E-state index >= 15 is 0 Å². The molecule has 8 nitrogen and oxygen atoms in total. The first-order valence-corrected chi connectivity index (χ1v) is 14.3. The SMILES string of the molecule is CCCCn1c(=O)c(NC(=O)Nc2c(C(C)C)cccc2C(C)C)c(-c2cccc(OCCO)c2)c2cccnc21. The molecule has 0 aliphatic rings. The number of anilines is 2. The van der Waals surface area contributed by atoms with E-state index in [4.69, 9.17) is 4.74 Å². The number of nitrogens with zero attached hydrogens (tertiary/aromatic N) is 2. The molecule has 0 unspecified atom stereocenters. The predicted molar refractivity (Wildman–Crippen MR) is 166 cm³/mol. The van der Waals surface area contributed by atoms with E-state index in [2.05, 4.69) is 50.2 Å². The van der Waals surface area contributed by atoms with Crippen molar-refractivity contribution in [2.45, 2.75) is 65.8 Å². The number of para-hydroxylation sites is 1.